The van der Waals surface area contributed by atoms with Crippen molar-refractivity contribution in [2.24, 2.45) is 5.92 Å². The molecule has 1 aromatic heterocycles. The monoisotopic (exact) mass is 411 g/mol. The molecule has 2 fully saturated rings. The molecule has 0 unspecified atom stereocenters. The highest BCUT2D eigenvalue weighted by molar-refractivity contribution is 5.89. The van der Waals surface area contributed by atoms with Crippen molar-refractivity contribution in [1.29, 1.82) is 0 Å². The molecule has 1 aromatic carbocycles. The smallest absolute Gasteiger partial charge is 0.337 e. The molecule has 0 aliphatic carbocycles. The number of aromatic nitrogens is 1. The second-order valence-corrected chi connectivity index (χ2v) is 8.25. The Balaban J connectivity index is 1.33. The standard InChI is InChI=1S/C23H29N3O4/c1-16-20(24-22(30-16)18-5-7-19(8-6-18)23(28)29-2)15-25-12-9-17(10-13-25)14-26-11-3-4-21(26)27/h5-8,17H,3-4,9-15H2,1-2H3. The van der Waals surface area contributed by atoms with Gasteiger partial charge in [0.1, 0.15) is 5.76 Å². The third-order valence-corrected chi connectivity index (χ3v) is 6.18. The number of amides is 1. The average Bonchev–Trinajstić information content (AvgIpc) is 3.34. The molecule has 1 amide bonds. The highest BCUT2D eigenvalue weighted by Gasteiger charge is 2.27. The number of oxazole rings is 1. The first kappa shape index (κ1) is 20.6. The minimum atomic E-state index is -0.358. The third-order valence-electron chi connectivity index (χ3n) is 6.18. The molecular formula is C23H29N3O4. The van der Waals surface area contributed by atoms with E-state index in [0.717, 1.165) is 75.4 Å². The number of benzene rings is 1. The number of ether oxygens (including phenoxy) is 1. The van der Waals surface area contributed by atoms with Crippen molar-refractivity contribution >= 4 is 11.9 Å². The number of piperidine rings is 1. The van der Waals surface area contributed by atoms with E-state index in [2.05, 4.69) is 4.90 Å². The van der Waals surface area contributed by atoms with Crippen LogP contribution in [0.4, 0.5) is 0 Å². The lowest BCUT2D eigenvalue weighted by Crippen LogP contribution is -2.39. The van der Waals surface area contributed by atoms with Gasteiger partial charge in [0.2, 0.25) is 11.8 Å². The molecule has 7 nitrogen and oxygen atoms in total. The van der Waals surface area contributed by atoms with Gasteiger partial charge in [-0.1, -0.05) is 0 Å². The van der Waals surface area contributed by atoms with Gasteiger partial charge in [0.05, 0.1) is 18.4 Å². The van der Waals surface area contributed by atoms with E-state index in [0.29, 0.717) is 23.3 Å². The van der Waals surface area contributed by atoms with Crippen molar-refractivity contribution in [2.45, 2.75) is 39.2 Å². The Hall–Kier alpha value is -2.67. The molecule has 0 saturated carbocycles. The normalized spacial score (nSPS) is 18.2. The van der Waals surface area contributed by atoms with Crippen molar-refractivity contribution in [3.63, 3.8) is 0 Å². The van der Waals surface area contributed by atoms with E-state index >= 15 is 0 Å². The SMILES string of the molecule is COC(=O)c1ccc(-c2nc(CN3CCC(CN4CCCC4=O)CC3)c(C)o2)cc1. The first-order valence-electron chi connectivity index (χ1n) is 10.7. The molecule has 0 atom stereocenters. The number of carbonyl (C=O) groups excluding carboxylic acids is 2. The number of nitrogens with zero attached hydrogens (tertiary/aromatic N) is 3. The Labute approximate surface area is 177 Å². The van der Waals surface area contributed by atoms with Gasteiger partial charge in [0.15, 0.2) is 0 Å². The highest BCUT2D eigenvalue weighted by atomic mass is 16.5. The first-order valence-corrected chi connectivity index (χ1v) is 10.7. The molecule has 0 N–H and O–H groups in total. The van der Waals surface area contributed by atoms with Crippen LogP contribution in [0.2, 0.25) is 0 Å². The van der Waals surface area contributed by atoms with Gasteiger partial charge in [-0.05, 0) is 69.5 Å². The molecule has 2 aliphatic rings. The molecule has 0 spiro atoms. The lowest BCUT2D eigenvalue weighted by Gasteiger charge is -2.33. The molecule has 30 heavy (non-hydrogen) atoms. The Bertz CT molecular complexity index is 898. The van der Waals surface area contributed by atoms with Crippen LogP contribution in [-0.4, -0.2) is 59.9 Å². The maximum absolute atomic E-state index is 11.9. The topological polar surface area (TPSA) is 75.9 Å². The van der Waals surface area contributed by atoms with Crippen LogP contribution in [0.1, 0.15) is 47.5 Å². The van der Waals surface area contributed by atoms with Gasteiger partial charge in [-0.2, -0.15) is 0 Å². The van der Waals surface area contributed by atoms with Gasteiger partial charge in [0, 0.05) is 31.6 Å². The highest BCUT2D eigenvalue weighted by Crippen LogP contribution is 2.26. The number of rotatable bonds is 6. The summed E-state index contributed by atoms with van der Waals surface area (Å²) in [6, 6.07) is 7.09. The van der Waals surface area contributed by atoms with Crippen LogP contribution < -0.4 is 0 Å². The molecular weight excluding hydrogens is 382 g/mol. The summed E-state index contributed by atoms with van der Waals surface area (Å²) in [7, 11) is 1.37. The van der Waals surface area contributed by atoms with Gasteiger partial charge in [0.25, 0.3) is 0 Å². The zero-order valence-electron chi connectivity index (χ0n) is 17.7. The molecule has 7 heteroatoms. The van der Waals surface area contributed by atoms with E-state index < -0.39 is 0 Å². The van der Waals surface area contributed by atoms with Crippen molar-refractivity contribution in [1.82, 2.24) is 14.8 Å². The number of hydrogen-bond acceptors (Lipinski definition) is 6. The number of aryl methyl sites for hydroxylation is 1. The summed E-state index contributed by atoms with van der Waals surface area (Å²) in [6.45, 7) is 6.59. The van der Waals surface area contributed by atoms with Crippen LogP contribution >= 0.6 is 0 Å². The Morgan fingerprint density at radius 3 is 2.57 bits per heavy atom. The van der Waals surface area contributed by atoms with Gasteiger partial charge < -0.3 is 14.1 Å². The van der Waals surface area contributed by atoms with Crippen molar-refractivity contribution in [3.8, 4) is 11.5 Å². The molecule has 3 heterocycles. The van der Waals surface area contributed by atoms with E-state index in [1.807, 2.05) is 24.0 Å². The first-order chi connectivity index (χ1) is 14.5. The summed E-state index contributed by atoms with van der Waals surface area (Å²) in [5, 5.41) is 0. The number of likely N-dealkylation sites (tertiary alicyclic amines) is 2. The third kappa shape index (κ3) is 4.56. The maximum Gasteiger partial charge on any atom is 0.337 e. The molecule has 4 rings (SSSR count). The fraction of sp³-hybridized carbons (Fsp3) is 0.522. The van der Waals surface area contributed by atoms with Gasteiger partial charge in [-0.15, -0.1) is 0 Å². The summed E-state index contributed by atoms with van der Waals surface area (Å²) in [6.07, 6.45) is 3.96. The number of hydrogen-bond donors (Lipinski definition) is 0. The largest absolute Gasteiger partial charge is 0.465 e. The summed E-state index contributed by atoms with van der Waals surface area (Å²) < 4.78 is 10.6. The Kier molecular flexibility index (Phi) is 6.18. The van der Waals surface area contributed by atoms with Gasteiger partial charge in [-0.3, -0.25) is 9.69 Å². The molecule has 2 aliphatic heterocycles. The van der Waals surface area contributed by atoms with Crippen molar-refractivity contribution < 1.29 is 18.7 Å². The van der Waals surface area contributed by atoms with Crippen LogP contribution in [0.25, 0.3) is 11.5 Å². The predicted octanol–water partition coefficient (Wildman–Crippen LogP) is 3.27. The molecule has 0 radical (unpaired) electrons. The zero-order chi connectivity index (χ0) is 21.1. The van der Waals surface area contributed by atoms with Crippen LogP contribution in [-0.2, 0) is 16.1 Å². The summed E-state index contributed by atoms with van der Waals surface area (Å²) in [5.41, 5.74) is 2.30. The lowest BCUT2D eigenvalue weighted by atomic mass is 9.96. The second kappa shape index (κ2) is 9.00. The summed E-state index contributed by atoms with van der Waals surface area (Å²) in [5.74, 6) is 1.96. The lowest BCUT2D eigenvalue weighted by molar-refractivity contribution is -0.128. The van der Waals surface area contributed by atoms with Crippen LogP contribution in [0.3, 0.4) is 0 Å². The van der Waals surface area contributed by atoms with E-state index in [-0.39, 0.29) is 5.97 Å². The molecule has 0 bridgehead atoms. The summed E-state index contributed by atoms with van der Waals surface area (Å²) >= 11 is 0. The number of methoxy groups -OCH3 is 1. The fourth-order valence-corrected chi connectivity index (χ4v) is 4.31. The minimum absolute atomic E-state index is 0.322. The van der Waals surface area contributed by atoms with Crippen LogP contribution in [0, 0.1) is 12.8 Å². The Morgan fingerprint density at radius 2 is 1.93 bits per heavy atom. The zero-order valence-corrected chi connectivity index (χ0v) is 17.7. The summed E-state index contributed by atoms with van der Waals surface area (Å²) in [4.78, 5) is 32.6. The van der Waals surface area contributed by atoms with Crippen LogP contribution in [0.15, 0.2) is 28.7 Å². The van der Waals surface area contributed by atoms with Crippen LogP contribution in [0.5, 0.6) is 0 Å². The van der Waals surface area contributed by atoms with Crippen molar-refractivity contribution in [2.75, 3.05) is 33.3 Å². The van der Waals surface area contributed by atoms with E-state index in [1.165, 1.54) is 7.11 Å². The Morgan fingerprint density at radius 1 is 1.20 bits per heavy atom. The number of carbonyl (C=O) groups is 2. The predicted molar refractivity (Wildman–Crippen MR) is 112 cm³/mol. The minimum Gasteiger partial charge on any atom is -0.465 e. The van der Waals surface area contributed by atoms with Gasteiger partial charge >= 0.3 is 5.97 Å². The molecule has 2 aromatic rings. The molecule has 160 valence electrons. The number of esters is 1. The average molecular weight is 412 g/mol. The fourth-order valence-electron chi connectivity index (χ4n) is 4.31. The van der Waals surface area contributed by atoms with E-state index in [9.17, 15) is 9.59 Å². The van der Waals surface area contributed by atoms with Crippen molar-refractivity contribution in [3.05, 3.63) is 41.3 Å². The quantitative estimate of drug-likeness (QED) is 0.679. The molecule has 2 saturated heterocycles. The van der Waals surface area contributed by atoms with E-state index in [1.54, 1.807) is 12.1 Å². The van der Waals surface area contributed by atoms with E-state index in [4.69, 9.17) is 14.1 Å². The van der Waals surface area contributed by atoms with Gasteiger partial charge in [-0.25, -0.2) is 9.78 Å². The maximum atomic E-state index is 11.9. The second-order valence-electron chi connectivity index (χ2n) is 8.25.